The number of aromatic nitrogens is 1. The number of nitrogens with two attached hydrogens (primary N) is 1. The molecule has 0 amide bonds. The van der Waals surface area contributed by atoms with Crippen LogP contribution in [0.1, 0.15) is 18.5 Å². The third-order valence-corrected chi connectivity index (χ3v) is 2.69. The van der Waals surface area contributed by atoms with Gasteiger partial charge in [0, 0.05) is 17.8 Å². The van der Waals surface area contributed by atoms with Crippen LogP contribution in [0.5, 0.6) is 5.75 Å². The van der Waals surface area contributed by atoms with Crippen molar-refractivity contribution in [3.05, 3.63) is 48.3 Å². The van der Waals surface area contributed by atoms with E-state index in [1.807, 2.05) is 37.4 Å². The molecule has 1 atom stereocenters. The van der Waals surface area contributed by atoms with Crippen molar-refractivity contribution in [1.29, 1.82) is 0 Å². The molecule has 3 nitrogen and oxygen atoms in total. The van der Waals surface area contributed by atoms with Crippen molar-refractivity contribution < 1.29 is 4.74 Å². The number of ether oxygens (including phenoxy) is 1. The normalized spacial score (nSPS) is 12.2. The van der Waals surface area contributed by atoms with Crippen molar-refractivity contribution in [3.63, 3.8) is 0 Å². The first-order valence-electron chi connectivity index (χ1n) is 5.55. The minimum Gasteiger partial charge on any atom is -0.495 e. The number of nitrogens with zero attached hydrogens (tertiary/aromatic N) is 1. The lowest BCUT2D eigenvalue weighted by Gasteiger charge is -2.09. The Labute approximate surface area is 101 Å². The number of hydrogen-bond acceptors (Lipinski definition) is 3. The second-order valence-electron chi connectivity index (χ2n) is 4.03. The molecule has 0 aliphatic heterocycles. The molecular weight excluding hydrogens is 212 g/mol. The van der Waals surface area contributed by atoms with Crippen LogP contribution in [0.4, 0.5) is 0 Å². The van der Waals surface area contributed by atoms with E-state index in [0.29, 0.717) is 0 Å². The molecule has 0 saturated carbocycles. The van der Waals surface area contributed by atoms with Gasteiger partial charge in [0.25, 0.3) is 0 Å². The van der Waals surface area contributed by atoms with Crippen LogP contribution in [0, 0.1) is 0 Å². The number of hydrogen-bond donors (Lipinski definition) is 1. The van der Waals surface area contributed by atoms with Gasteiger partial charge in [-0.05, 0) is 30.2 Å². The number of rotatable bonds is 3. The predicted molar refractivity (Wildman–Crippen MR) is 68.8 cm³/mol. The third kappa shape index (κ3) is 2.63. The second kappa shape index (κ2) is 4.97. The number of benzene rings is 1. The highest BCUT2D eigenvalue weighted by atomic mass is 16.5. The van der Waals surface area contributed by atoms with Gasteiger partial charge in [-0.1, -0.05) is 18.2 Å². The fourth-order valence-electron chi connectivity index (χ4n) is 1.69. The topological polar surface area (TPSA) is 48.1 Å². The van der Waals surface area contributed by atoms with Crippen molar-refractivity contribution in [2.45, 2.75) is 13.0 Å². The Kier molecular flexibility index (Phi) is 3.40. The highest BCUT2D eigenvalue weighted by molar-refractivity contribution is 5.64. The monoisotopic (exact) mass is 228 g/mol. The summed E-state index contributed by atoms with van der Waals surface area (Å²) in [6, 6.07) is 10.2. The predicted octanol–water partition coefficient (Wildman–Crippen LogP) is 2.78. The molecule has 2 N–H and O–H groups in total. The standard InChI is InChI=1S/C14H16N2O/c1-10(15)11-4-3-5-12(6-11)13-7-14(17-2)9-16-8-13/h3-10H,15H2,1-2H3. The van der Waals surface area contributed by atoms with E-state index in [9.17, 15) is 0 Å². The van der Waals surface area contributed by atoms with Gasteiger partial charge in [0.1, 0.15) is 5.75 Å². The van der Waals surface area contributed by atoms with Gasteiger partial charge >= 0.3 is 0 Å². The Morgan fingerprint density at radius 1 is 1.18 bits per heavy atom. The van der Waals surface area contributed by atoms with Crippen LogP contribution in [0.3, 0.4) is 0 Å². The molecular formula is C14H16N2O. The van der Waals surface area contributed by atoms with Crippen LogP contribution in [-0.2, 0) is 0 Å². The fraction of sp³-hybridized carbons (Fsp3) is 0.214. The average Bonchev–Trinajstić information content (AvgIpc) is 2.39. The molecule has 1 aromatic heterocycles. The Hall–Kier alpha value is -1.87. The van der Waals surface area contributed by atoms with Gasteiger partial charge in [-0.2, -0.15) is 0 Å². The molecule has 0 aliphatic carbocycles. The van der Waals surface area contributed by atoms with Crippen molar-refractivity contribution in [3.8, 4) is 16.9 Å². The molecule has 3 heteroatoms. The van der Waals surface area contributed by atoms with Crippen molar-refractivity contribution in [1.82, 2.24) is 4.98 Å². The van der Waals surface area contributed by atoms with Crippen molar-refractivity contribution in [2.75, 3.05) is 7.11 Å². The minimum absolute atomic E-state index is 0.0357. The maximum absolute atomic E-state index is 5.88. The lowest BCUT2D eigenvalue weighted by atomic mass is 10.0. The summed E-state index contributed by atoms with van der Waals surface area (Å²) in [5.74, 6) is 0.758. The fourth-order valence-corrected chi connectivity index (χ4v) is 1.69. The third-order valence-electron chi connectivity index (χ3n) is 2.69. The number of pyridine rings is 1. The molecule has 1 unspecified atom stereocenters. The average molecular weight is 228 g/mol. The van der Waals surface area contributed by atoms with E-state index in [0.717, 1.165) is 22.4 Å². The maximum Gasteiger partial charge on any atom is 0.137 e. The molecule has 2 rings (SSSR count). The van der Waals surface area contributed by atoms with Gasteiger partial charge < -0.3 is 10.5 Å². The van der Waals surface area contributed by atoms with Gasteiger partial charge in [-0.15, -0.1) is 0 Å². The smallest absolute Gasteiger partial charge is 0.137 e. The SMILES string of the molecule is COc1cncc(-c2cccc(C(C)N)c2)c1. The second-order valence-corrected chi connectivity index (χ2v) is 4.03. The van der Waals surface area contributed by atoms with Crippen LogP contribution in [0.15, 0.2) is 42.7 Å². The summed E-state index contributed by atoms with van der Waals surface area (Å²) in [6.07, 6.45) is 3.52. The summed E-state index contributed by atoms with van der Waals surface area (Å²) in [7, 11) is 1.64. The molecule has 0 aliphatic rings. The molecule has 0 bridgehead atoms. The quantitative estimate of drug-likeness (QED) is 0.878. The summed E-state index contributed by atoms with van der Waals surface area (Å²) in [6.45, 7) is 1.98. The Morgan fingerprint density at radius 2 is 2.00 bits per heavy atom. The lowest BCUT2D eigenvalue weighted by Crippen LogP contribution is -2.04. The first-order valence-corrected chi connectivity index (χ1v) is 5.55. The van der Waals surface area contributed by atoms with Gasteiger partial charge in [0.05, 0.1) is 13.3 Å². The van der Waals surface area contributed by atoms with Gasteiger partial charge in [0.15, 0.2) is 0 Å². The molecule has 0 saturated heterocycles. The lowest BCUT2D eigenvalue weighted by molar-refractivity contribution is 0.413. The molecule has 0 spiro atoms. The summed E-state index contributed by atoms with van der Waals surface area (Å²) in [5.41, 5.74) is 9.13. The zero-order valence-electron chi connectivity index (χ0n) is 10.1. The van der Waals surface area contributed by atoms with E-state index in [1.165, 1.54) is 0 Å². The van der Waals surface area contributed by atoms with Crippen LogP contribution < -0.4 is 10.5 Å². The van der Waals surface area contributed by atoms with E-state index in [4.69, 9.17) is 10.5 Å². The molecule has 1 aromatic carbocycles. The summed E-state index contributed by atoms with van der Waals surface area (Å²) >= 11 is 0. The van der Waals surface area contributed by atoms with Crippen LogP contribution in [0.2, 0.25) is 0 Å². The van der Waals surface area contributed by atoms with E-state index in [-0.39, 0.29) is 6.04 Å². The Balaban J connectivity index is 2.41. The molecule has 1 heterocycles. The largest absolute Gasteiger partial charge is 0.495 e. The molecule has 2 aromatic rings. The summed E-state index contributed by atoms with van der Waals surface area (Å²) in [5, 5.41) is 0. The van der Waals surface area contributed by atoms with Gasteiger partial charge in [0.2, 0.25) is 0 Å². The Morgan fingerprint density at radius 3 is 2.71 bits per heavy atom. The van der Waals surface area contributed by atoms with E-state index in [2.05, 4.69) is 11.1 Å². The molecule has 88 valence electrons. The van der Waals surface area contributed by atoms with Crippen molar-refractivity contribution in [2.24, 2.45) is 5.73 Å². The Bertz CT molecular complexity index is 509. The summed E-state index contributed by atoms with van der Waals surface area (Å²) < 4.78 is 5.17. The zero-order chi connectivity index (χ0) is 12.3. The van der Waals surface area contributed by atoms with Gasteiger partial charge in [-0.3, -0.25) is 4.98 Å². The highest BCUT2D eigenvalue weighted by Gasteiger charge is 2.03. The van der Waals surface area contributed by atoms with Crippen LogP contribution in [-0.4, -0.2) is 12.1 Å². The zero-order valence-corrected chi connectivity index (χ0v) is 10.1. The van der Waals surface area contributed by atoms with Crippen LogP contribution in [0.25, 0.3) is 11.1 Å². The molecule has 17 heavy (non-hydrogen) atoms. The van der Waals surface area contributed by atoms with Gasteiger partial charge in [-0.25, -0.2) is 0 Å². The minimum atomic E-state index is 0.0357. The number of methoxy groups -OCH3 is 1. The first kappa shape index (κ1) is 11.6. The first-order chi connectivity index (χ1) is 8.20. The van der Waals surface area contributed by atoms with Crippen LogP contribution >= 0.6 is 0 Å². The van der Waals surface area contributed by atoms with E-state index >= 15 is 0 Å². The van der Waals surface area contributed by atoms with E-state index in [1.54, 1.807) is 13.3 Å². The van der Waals surface area contributed by atoms with Crippen molar-refractivity contribution >= 4 is 0 Å². The molecule has 0 fully saturated rings. The maximum atomic E-state index is 5.88. The molecule has 0 radical (unpaired) electrons. The highest BCUT2D eigenvalue weighted by Crippen LogP contribution is 2.24. The summed E-state index contributed by atoms with van der Waals surface area (Å²) in [4.78, 5) is 4.15. The van der Waals surface area contributed by atoms with E-state index < -0.39 is 0 Å².